The average Bonchev–Trinajstić information content (AvgIpc) is 2.19. The minimum Gasteiger partial charge on any atom is -0.391 e. The maximum absolute atomic E-state index is 9.69. The molecule has 1 atom stereocenters. The van der Waals surface area contributed by atoms with Crippen LogP contribution in [-0.4, -0.2) is 27.7 Å². The molecule has 0 amide bonds. The SMILES string of the molecule is Cc1ncc(NCC(O)CC(C)C)nc1C. The number of nitrogens with one attached hydrogen (secondary N) is 1. The number of hydrogen-bond donors (Lipinski definition) is 2. The molecule has 0 fully saturated rings. The van der Waals surface area contributed by atoms with E-state index in [1.807, 2.05) is 13.8 Å². The minimum absolute atomic E-state index is 0.330. The predicted octanol–water partition coefficient (Wildman–Crippen LogP) is 1.91. The Kier molecular flexibility index (Phi) is 4.68. The first-order valence-electron chi connectivity index (χ1n) is 5.71. The number of anilines is 1. The summed E-state index contributed by atoms with van der Waals surface area (Å²) in [4.78, 5) is 8.55. The van der Waals surface area contributed by atoms with Crippen LogP contribution in [0.15, 0.2) is 6.20 Å². The van der Waals surface area contributed by atoms with Crippen molar-refractivity contribution in [1.29, 1.82) is 0 Å². The first-order valence-corrected chi connectivity index (χ1v) is 5.71. The van der Waals surface area contributed by atoms with Gasteiger partial charge in [-0.15, -0.1) is 0 Å². The van der Waals surface area contributed by atoms with Crippen molar-refractivity contribution in [3.05, 3.63) is 17.6 Å². The van der Waals surface area contributed by atoms with Crippen molar-refractivity contribution in [3.8, 4) is 0 Å². The van der Waals surface area contributed by atoms with Crippen LogP contribution in [0.4, 0.5) is 5.82 Å². The zero-order valence-electron chi connectivity index (χ0n) is 10.5. The average molecular weight is 223 g/mol. The summed E-state index contributed by atoms with van der Waals surface area (Å²) in [6.45, 7) is 8.57. The Morgan fingerprint density at radius 2 is 2.00 bits per heavy atom. The van der Waals surface area contributed by atoms with Gasteiger partial charge in [-0.2, -0.15) is 0 Å². The summed E-state index contributed by atoms with van der Waals surface area (Å²) in [6, 6.07) is 0. The maximum Gasteiger partial charge on any atom is 0.144 e. The van der Waals surface area contributed by atoms with Crippen LogP contribution in [0.3, 0.4) is 0 Å². The van der Waals surface area contributed by atoms with Crippen LogP contribution in [0, 0.1) is 19.8 Å². The predicted molar refractivity (Wildman–Crippen MR) is 65.5 cm³/mol. The molecule has 16 heavy (non-hydrogen) atoms. The second-order valence-corrected chi connectivity index (χ2v) is 4.59. The molecule has 1 aromatic heterocycles. The quantitative estimate of drug-likeness (QED) is 0.800. The van der Waals surface area contributed by atoms with Gasteiger partial charge in [-0.1, -0.05) is 13.8 Å². The third-order valence-corrected chi connectivity index (χ3v) is 2.45. The summed E-state index contributed by atoms with van der Waals surface area (Å²) < 4.78 is 0. The molecule has 1 heterocycles. The lowest BCUT2D eigenvalue weighted by atomic mass is 10.1. The molecule has 0 saturated heterocycles. The Morgan fingerprint density at radius 3 is 2.56 bits per heavy atom. The van der Waals surface area contributed by atoms with E-state index in [0.29, 0.717) is 12.5 Å². The van der Waals surface area contributed by atoms with E-state index in [4.69, 9.17) is 0 Å². The smallest absolute Gasteiger partial charge is 0.144 e. The largest absolute Gasteiger partial charge is 0.391 e. The number of aliphatic hydroxyl groups excluding tert-OH is 1. The molecule has 0 spiro atoms. The molecular formula is C12H21N3O. The van der Waals surface area contributed by atoms with Crippen molar-refractivity contribution >= 4 is 5.82 Å². The Balaban J connectivity index is 2.45. The molecule has 0 radical (unpaired) electrons. The summed E-state index contributed by atoms with van der Waals surface area (Å²) in [7, 11) is 0. The molecule has 0 aliphatic heterocycles. The molecule has 0 saturated carbocycles. The van der Waals surface area contributed by atoms with E-state index in [-0.39, 0.29) is 6.10 Å². The number of aliphatic hydroxyl groups is 1. The van der Waals surface area contributed by atoms with Crippen molar-refractivity contribution in [3.63, 3.8) is 0 Å². The van der Waals surface area contributed by atoms with Crippen molar-refractivity contribution in [1.82, 2.24) is 9.97 Å². The van der Waals surface area contributed by atoms with Gasteiger partial charge >= 0.3 is 0 Å². The fourth-order valence-corrected chi connectivity index (χ4v) is 1.48. The van der Waals surface area contributed by atoms with Crippen LogP contribution in [-0.2, 0) is 0 Å². The number of aryl methyl sites for hydroxylation is 2. The molecule has 4 nitrogen and oxygen atoms in total. The highest BCUT2D eigenvalue weighted by atomic mass is 16.3. The second-order valence-electron chi connectivity index (χ2n) is 4.59. The van der Waals surface area contributed by atoms with Gasteiger partial charge in [0.25, 0.3) is 0 Å². The molecule has 90 valence electrons. The molecule has 1 unspecified atom stereocenters. The van der Waals surface area contributed by atoms with Gasteiger partial charge in [0.15, 0.2) is 0 Å². The zero-order valence-corrected chi connectivity index (χ0v) is 10.5. The number of aromatic nitrogens is 2. The van der Waals surface area contributed by atoms with E-state index >= 15 is 0 Å². The molecule has 0 aliphatic carbocycles. The first kappa shape index (κ1) is 12.9. The number of hydrogen-bond acceptors (Lipinski definition) is 4. The summed E-state index contributed by atoms with van der Waals surface area (Å²) in [5, 5.41) is 12.8. The van der Waals surface area contributed by atoms with E-state index in [2.05, 4.69) is 29.1 Å². The van der Waals surface area contributed by atoms with Crippen LogP contribution in [0.5, 0.6) is 0 Å². The van der Waals surface area contributed by atoms with Crippen molar-refractivity contribution in [2.75, 3.05) is 11.9 Å². The van der Waals surface area contributed by atoms with Crippen LogP contribution >= 0.6 is 0 Å². The Hall–Kier alpha value is -1.16. The van der Waals surface area contributed by atoms with Gasteiger partial charge in [0.05, 0.1) is 23.7 Å². The van der Waals surface area contributed by atoms with Gasteiger partial charge in [0, 0.05) is 6.54 Å². The monoisotopic (exact) mass is 223 g/mol. The van der Waals surface area contributed by atoms with Gasteiger partial charge in [-0.3, -0.25) is 4.98 Å². The van der Waals surface area contributed by atoms with Crippen LogP contribution in [0.1, 0.15) is 31.7 Å². The highest BCUT2D eigenvalue weighted by molar-refractivity contribution is 5.33. The van der Waals surface area contributed by atoms with E-state index < -0.39 is 0 Å². The second kappa shape index (κ2) is 5.80. The van der Waals surface area contributed by atoms with E-state index in [9.17, 15) is 5.11 Å². The van der Waals surface area contributed by atoms with E-state index in [1.54, 1.807) is 6.20 Å². The van der Waals surface area contributed by atoms with Gasteiger partial charge in [-0.05, 0) is 26.2 Å². The molecule has 0 bridgehead atoms. The fraction of sp³-hybridized carbons (Fsp3) is 0.667. The van der Waals surface area contributed by atoms with Crippen molar-refractivity contribution < 1.29 is 5.11 Å². The number of rotatable bonds is 5. The lowest BCUT2D eigenvalue weighted by Gasteiger charge is -2.14. The summed E-state index contributed by atoms with van der Waals surface area (Å²) in [5.74, 6) is 1.23. The summed E-state index contributed by atoms with van der Waals surface area (Å²) in [6.07, 6.45) is 2.17. The van der Waals surface area contributed by atoms with Crippen LogP contribution in [0.25, 0.3) is 0 Å². The Bertz CT molecular complexity index is 339. The topological polar surface area (TPSA) is 58.0 Å². The van der Waals surface area contributed by atoms with Gasteiger partial charge in [-0.25, -0.2) is 4.98 Å². The third-order valence-electron chi connectivity index (χ3n) is 2.45. The molecule has 1 rings (SSSR count). The highest BCUT2D eigenvalue weighted by Crippen LogP contribution is 2.08. The van der Waals surface area contributed by atoms with Crippen LogP contribution in [0.2, 0.25) is 0 Å². The van der Waals surface area contributed by atoms with E-state index in [0.717, 1.165) is 23.6 Å². The Labute approximate surface area is 97.1 Å². The molecule has 4 heteroatoms. The number of nitrogens with zero attached hydrogens (tertiary/aromatic N) is 2. The van der Waals surface area contributed by atoms with Gasteiger partial charge in [0.2, 0.25) is 0 Å². The highest BCUT2D eigenvalue weighted by Gasteiger charge is 2.07. The minimum atomic E-state index is -0.330. The fourth-order valence-electron chi connectivity index (χ4n) is 1.48. The Morgan fingerprint density at radius 1 is 1.31 bits per heavy atom. The van der Waals surface area contributed by atoms with Crippen molar-refractivity contribution in [2.24, 2.45) is 5.92 Å². The third kappa shape index (κ3) is 4.14. The normalized spacial score (nSPS) is 12.9. The molecule has 0 aliphatic rings. The van der Waals surface area contributed by atoms with Gasteiger partial charge < -0.3 is 10.4 Å². The van der Waals surface area contributed by atoms with E-state index in [1.165, 1.54) is 0 Å². The molecule has 0 aromatic carbocycles. The molecular weight excluding hydrogens is 202 g/mol. The zero-order chi connectivity index (χ0) is 12.1. The standard InChI is InChI=1S/C12H21N3O/c1-8(2)5-11(16)6-14-12-7-13-9(3)10(4)15-12/h7-8,11,16H,5-6H2,1-4H3,(H,14,15). The molecule has 1 aromatic rings. The maximum atomic E-state index is 9.69. The van der Waals surface area contributed by atoms with Crippen LogP contribution < -0.4 is 5.32 Å². The lowest BCUT2D eigenvalue weighted by Crippen LogP contribution is -2.21. The summed E-state index contributed by atoms with van der Waals surface area (Å²) >= 11 is 0. The van der Waals surface area contributed by atoms with Crippen molar-refractivity contribution in [2.45, 2.75) is 40.2 Å². The first-order chi connectivity index (χ1) is 7.49. The lowest BCUT2D eigenvalue weighted by molar-refractivity contribution is 0.161. The van der Waals surface area contributed by atoms with Gasteiger partial charge in [0.1, 0.15) is 5.82 Å². The summed E-state index contributed by atoms with van der Waals surface area (Å²) in [5.41, 5.74) is 1.86. The molecule has 2 N–H and O–H groups in total.